The second-order valence-corrected chi connectivity index (χ2v) is 6.59. The molecule has 1 saturated heterocycles. The highest BCUT2D eigenvalue weighted by molar-refractivity contribution is 6.01. The minimum absolute atomic E-state index is 0.230. The van der Waals surface area contributed by atoms with Crippen LogP contribution in [0.3, 0.4) is 0 Å². The summed E-state index contributed by atoms with van der Waals surface area (Å²) in [6, 6.07) is 2.27. The molecule has 1 unspecified atom stereocenters. The van der Waals surface area contributed by atoms with Gasteiger partial charge in [-0.1, -0.05) is 12.7 Å². The van der Waals surface area contributed by atoms with Crippen LogP contribution in [0, 0.1) is 6.92 Å². The highest BCUT2D eigenvalue weighted by Gasteiger charge is 2.28. The highest BCUT2D eigenvalue weighted by Crippen LogP contribution is 2.33. The number of nitrogens with zero attached hydrogens (tertiary/aromatic N) is 4. The number of halogens is 1. The molecule has 0 spiro atoms. The molecule has 5 nitrogen and oxygen atoms in total. The minimum atomic E-state index is -0.243. The van der Waals surface area contributed by atoms with E-state index >= 15 is 0 Å². The van der Waals surface area contributed by atoms with Gasteiger partial charge in [0.15, 0.2) is 0 Å². The van der Waals surface area contributed by atoms with Crippen LogP contribution in [0.4, 0.5) is 4.39 Å². The van der Waals surface area contributed by atoms with Crippen LogP contribution in [-0.4, -0.2) is 37.5 Å². The highest BCUT2D eigenvalue weighted by atomic mass is 19.1. The molecular formula is C20H22FN5. The first kappa shape index (κ1) is 16.6. The Morgan fingerprint density at radius 3 is 3.08 bits per heavy atom. The summed E-state index contributed by atoms with van der Waals surface area (Å²) in [4.78, 5) is 14.4. The van der Waals surface area contributed by atoms with Gasteiger partial charge in [-0.25, -0.2) is 14.4 Å². The number of pyridine rings is 1. The smallest absolute Gasteiger partial charge is 0.146 e. The first-order valence-electron chi connectivity index (χ1n) is 8.84. The average Bonchev–Trinajstić information content (AvgIpc) is 3.32. The summed E-state index contributed by atoms with van der Waals surface area (Å²) in [5.74, 6) is 0.716. The van der Waals surface area contributed by atoms with Gasteiger partial charge in [0.05, 0.1) is 23.5 Å². The van der Waals surface area contributed by atoms with Gasteiger partial charge >= 0.3 is 0 Å². The maximum absolute atomic E-state index is 14.3. The van der Waals surface area contributed by atoms with Gasteiger partial charge < -0.3 is 14.5 Å². The number of aromatic nitrogens is 4. The van der Waals surface area contributed by atoms with Crippen LogP contribution in [-0.2, 0) is 0 Å². The molecule has 6 heteroatoms. The number of aryl methyl sites for hydroxylation is 1. The van der Waals surface area contributed by atoms with Crippen LogP contribution in [0.5, 0.6) is 0 Å². The fraction of sp³-hybridized carbons (Fsp3) is 0.300. The third-order valence-corrected chi connectivity index (χ3v) is 5.03. The third kappa shape index (κ3) is 2.53. The Labute approximate surface area is 151 Å². The van der Waals surface area contributed by atoms with E-state index < -0.39 is 0 Å². The second-order valence-electron chi connectivity index (χ2n) is 6.59. The Hall–Kier alpha value is -2.89. The lowest BCUT2D eigenvalue weighted by Gasteiger charge is -2.21. The zero-order valence-electron chi connectivity index (χ0n) is 15.0. The lowest BCUT2D eigenvalue weighted by Crippen LogP contribution is -2.21. The number of rotatable bonds is 4. The summed E-state index contributed by atoms with van der Waals surface area (Å²) in [5.41, 5.74) is 3.41. The molecule has 0 aliphatic carbocycles. The van der Waals surface area contributed by atoms with Gasteiger partial charge in [-0.15, -0.1) is 0 Å². The zero-order valence-corrected chi connectivity index (χ0v) is 15.0. The molecule has 1 N–H and O–H groups in total. The van der Waals surface area contributed by atoms with Gasteiger partial charge in [0.1, 0.15) is 22.8 Å². The van der Waals surface area contributed by atoms with Gasteiger partial charge in [0.25, 0.3) is 0 Å². The number of hydrogen-bond acceptors (Lipinski definition) is 3. The number of nitrogens with one attached hydrogen (secondary N) is 1. The van der Waals surface area contributed by atoms with Gasteiger partial charge in [-0.3, -0.25) is 0 Å². The number of H-pyrrole nitrogens is 1. The molecule has 3 aromatic heterocycles. The van der Waals surface area contributed by atoms with Crippen LogP contribution >= 0.6 is 0 Å². The Bertz CT molecular complexity index is 1040. The molecule has 26 heavy (non-hydrogen) atoms. The van der Waals surface area contributed by atoms with Crippen molar-refractivity contribution in [2.45, 2.75) is 26.3 Å². The van der Waals surface area contributed by atoms with Crippen LogP contribution in [0.2, 0.25) is 0 Å². The molecule has 1 atom stereocenters. The van der Waals surface area contributed by atoms with E-state index in [4.69, 9.17) is 4.98 Å². The van der Waals surface area contributed by atoms with Crippen molar-refractivity contribution in [2.24, 2.45) is 0 Å². The Morgan fingerprint density at radius 1 is 1.46 bits per heavy atom. The Morgan fingerprint density at radius 2 is 2.31 bits per heavy atom. The van der Waals surface area contributed by atoms with E-state index in [1.54, 1.807) is 12.2 Å². The van der Waals surface area contributed by atoms with Gasteiger partial charge in [0, 0.05) is 24.7 Å². The Kier molecular flexibility index (Phi) is 4.11. The van der Waals surface area contributed by atoms with Crippen LogP contribution < -0.4 is 0 Å². The molecule has 0 saturated carbocycles. The number of allylic oxidation sites excluding steroid dienone is 4. The third-order valence-electron chi connectivity index (χ3n) is 5.03. The van der Waals surface area contributed by atoms with E-state index in [2.05, 4.69) is 26.0 Å². The van der Waals surface area contributed by atoms with Crippen LogP contribution in [0.25, 0.3) is 22.1 Å². The summed E-state index contributed by atoms with van der Waals surface area (Å²) in [6.07, 6.45) is 9.43. The van der Waals surface area contributed by atoms with Crippen molar-refractivity contribution in [3.05, 3.63) is 60.6 Å². The summed E-state index contributed by atoms with van der Waals surface area (Å²) in [6.45, 7) is 9.14. The summed E-state index contributed by atoms with van der Waals surface area (Å²) in [5, 5.41) is 1.07. The quantitative estimate of drug-likeness (QED) is 0.708. The predicted molar refractivity (Wildman–Crippen MR) is 102 cm³/mol. The van der Waals surface area contributed by atoms with Crippen molar-refractivity contribution in [1.82, 2.24) is 24.4 Å². The molecule has 0 amide bonds. The summed E-state index contributed by atoms with van der Waals surface area (Å²) < 4.78 is 16.6. The number of aromatic amines is 1. The number of fused-ring (bicyclic) bond motifs is 3. The largest absolute Gasteiger partial charge is 0.367 e. The van der Waals surface area contributed by atoms with Crippen LogP contribution in [0.1, 0.15) is 25.2 Å². The van der Waals surface area contributed by atoms with Gasteiger partial charge in [0.2, 0.25) is 0 Å². The normalized spacial score (nSPS) is 19.0. The van der Waals surface area contributed by atoms with Crippen molar-refractivity contribution in [2.75, 3.05) is 13.1 Å². The fourth-order valence-electron chi connectivity index (χ4n) is 3.94. The monoisotopic (exact) mass is 351 g/mol. The Balaban J connectivity index is 1.76. The average molecular weight is 351 g/mol. The fourth-order valence-corrected chi connectivity index (χ4v) is 3.94. The van der Waals surface area contributed by atoms with Crippen molar-refractivity contribution in [3.63, 3.8) is 0 Å². The molecule has 1 fully saturated rings. The van der Waals surface area contributed by atoms with E-state index in [9.17, 15) is 4.39 Å². The second kappa shape index (κ2) is 6.44. The molecule has 0 aromatic carbocycles. The number of hydrogen-bond donors (Lipinski definition) is 1. The minimum Gasteiger partial charge on any atom is -0.367 e. The molecule has 0 bridgehead atoms. The van der Waals surface area contributed by atoms with Crippen LogP contribution in [0.15, 0.2) is 54.8 Å². The van der Waals surface area contributed by atoms with Crippen molar-refractivity contribution >= 4 is 22.1 Å². The van der Waals surface area contributed by atoms with E-state index in [1.807, 2.05) is 32.3 Å². The standard InChI is InChI=1S/C20H22FN5/c1-4-6-16(21)18(5-2)25-10-8-14(12-25)26-13(3)24-17-11-23-20-15(19(17)26)7-9-22-20/h4-7,9,11,14H,2,8,10,12H2,1,3H3,(H,22,23)/b6-4-,18-16-. The topological polar surface area (TPSA) is 49.7 Å². The molecule has 4 rings (SSSR count). The number of imidazole rings is 1. The van der Waals surface area contributed by atoms with Crippen molar-refractivity contribution < 1.29 is 4.39 Å². The lowest BCUT2D eigenvalue weighted by atomic mass is 10.2. The van der Waals surface area contributed by atoms with E-state index in [1.165, 1.54) is 6.08 Å². The molecular weight excluding hydrogens is 329 g/mol. The van der Waals surface area contributed by atoms with Gasteiger partial charge in [-0.2, -0.15) is 0 Å². The van der Waals surface area contributed by atoms with Crippen molar-refractivity contribution in [3.8, 4) is 0 Å². The SMILES string of the molecule is C=C/C(=C(F)\C=C/C)N1CCC(n2c(C)nc3cnc4[nH]ccc4c32)C1. The zero-order chi connectivity index (χ0) is 18.3. The lowest BCUT2D eigenvalue weighted by molar-refractivity contribution is 0.398. The molecule has 1 aliphatic rings. The molecule has 1 aliphatic heterocycles. The predicted octanol–water partition coefficient (Wildman–Crippen LogP) is 4.41. The van der Waals surface area contributed by atoms with E-state index in [-0.39, 0.29) is 11.9 Å². The molecule has 3 aromatic rings. The summed E-state index contributed by atoms with van der Waals surface area (Å²) in [7, 11) is 0. The number of likely N-dealkylation sites (tertiary alicyclic amines) is 1. The first-order valence-corrected chi connectivity index (χ1v) is 8.84. The van der Waals surface area contributed by atoms with Gasteiger partial charge in [-0.05, 0) is 38.5 Å². The molecule has 0 radical (unpaired) electrons. The van der Waals surface area contributed by atoms with E-state index in [0.717, 1.165) is 47.4 Å². The molecule has 134 valence electrons. The summed E-state index contributed by atoms with van der Waals surface area (Å²) >= 11 is 0. The van der Waals surface area contributed by atoms with E-state index in [0.29, 0.717) is 5.70 Å². The maximum Gasteiger partial charge on any atom is 0.146 e. The maximum atomic E-state index is 14.3. The first-order chi connectivity index (χ1) is 12.6. The molecule has 4 heterocycles. The van der Waals surface area contributed by atoms with Crippen molar-refractivity contribution in [1.29, 1.82) is 0 Å².